The third-order valence-electron chi connectivity index (χ3n) is 2.52. The summed E-state index contributed by atoms with van der Waals surface area (Å²) in [6, 6.07) is 3.86. The van der Waals surface area contributed by atoms with Crippen molar-refractivity contribution in [2.45, 2.75) is 26.1 Å². The lowest BCUT2D eigenvalue weighted by Crippen LogP contribution is -2.35. The SMILES string of the molecule is CC(Oc1cc(F)ccc1C(C)O)C(=O)N(C)C. The number of amides is 1. The van der Waals surface area contributed by atoms with Crippen LogP contribution in [0.4, 0.5) is 4.39 Å². The Bertz CT molecular complexity index is 432. The molecule has 1 aromatic rings. The summed E-state index contributed by atoms with van der Waals surface area (Å²) in [6.07, 6.45) is -1.53. The van der Waals surface area contributed by atoms with E-state index in [1.54, 1.807) is 27.9 Å². The van der Waals surface area contributed by atoms with Gasteiger partial charge in [0.25, 0.3) is 5.91 Å². The molecule has 2 unspecified atom stereocenters. The lowest BCUT2D eigenvalue weighted by molar-refractivity contribution is -0.135. The molecular weight excluding hydrogens is 237 g/mol. The lowest BCUT2D eigenvalue weighted by atomic mass is 10.1. The summed E-state index contributed by atoms with van der Waals surface area (Å²) in [5.41, 5.74) is 0.454. The highest BCUT2D eigenvalue weighted by Gasteiger charge is 2.19. The molecule has 2 atom stereocenters. The molecule has 0 saturated carbocycles. The fourth-order valence-electron chi connectivity index (χ4n) is 1.56. The molecule has 0 aliphatic rings. The van der Waals surface area contributed by atoms with Gasteiger partial charge in [0.2, 0.25) is 0 Å². The number of hydrogen-bond donors (Lipinski definition) is 1. The molecule has 1 N–H and O–H groups in total. The second-order valence-corrected chi connectivity index (χ2v) is 4.35. The first kappa shape index (κ1) is 14.4. The van der Waals surface area contributed by atoms with Crippen LogP contribution in [0, 0.1) is 5.82 Å². The first-order valence-electron chi connectivity index (χ1n) is 5.68. The van der Waals surface area contributed by atoms with Crippen LogP contribution >= 0.6 is 0 Å². The number of ether oxygens (including phenoxy) is 1. The molecule has 0 aliphatic carbocycles. The van der Waals surface area contributed by atoms with Crippen LogP contribution in [0.5, 0.6) is 5.75 Å². The number of benzene rings is 1. The number of halogens is 1. The molecule has 100 valence electrons. The first-order chi connectivity index (χ1) is 8.32. The lowest BCUT2D eigenvalue weighted by Gasteiger charge is -2.20. The predicted molar refractivity (Wildman–Crippen MR) is 65.8 cm³/mol. The third kappa shape index (κ3) is 3.43. The van der Waals surface area contributed by atoms with Gasteiger partial charge in [0.15, 0.2) is 6.10 Å². The number of carbonyl (C=O) groups is 1. The van der Waals surface area contributed by atoms with Crippen LogP contribution in [0.15, 0.2) is 18.2 Å². The molecule has 0 saturated heterocycles. The highest BCUT2D eigenvalue weighted by Crippen LogP contribution is 2.27. The van der Waals surface area contributed by atoms with Crippen molar-refractivity contribution in [3.8, 4) is 5.75 Å². The summed E-state index contributed by atoms with van der Waals surface area (Å²) in [5.74, 6) is -0.512. The highest BCUT2D eigenvalue weighted by atomic mass is 19.1. The average Bonchev–Trinajstić information content (AvgIpc) is 2.27. The summed E-state index contributed by atoms with van der Waals surface area (Å²) in [5, 5.41) is 9.56. The second kappa shape index (κ2) is 5.82. The number of carbonyl (C=O) groups excluding carboxylic acids is 1. The summed E-state index contributed by atoms with van der Waals surface area (Å²) in [4.78, 5) is 13.1. The molecule has 1 amide bonds. The van der Waals surface area contributed by atoms with Gasteiger partial charge in [-0.25, -0.2) is 4.39 Å². The van der Waals surface area contributed by atoms with Crippen LogP contribution in [0.3, 0.4) is 0 Å². The molecule has 0 radical (unpaired) electrons. The van der Waals surface area contributed by atoms with Gasteiger partial charge >= 0.3 is 0 Å². The Balaban J connectivity index is 2.96. The zero-order valence-corrected chi connectivity index (χ0v) is 11.0. The van der Waals surface area contributed by atoms with E-state index in [9.17, 15) is 14.3 Å². The molecule has 4 nitrogen and oxygen atoms in total. The van der Waals surface area contributed by atoms with Crippen LogP contribution < -0.4 is 4.74 Å². The molecule has 0 bridgehead atoms. The molecule has 18 heavy (non-hydrogen) atoms. The Kier molecular flexibility index (Phi) is 4.67. The molecule has 0 aliphatic heterocycles. The quantitative estimate of drug-likeness (QED) is 0.891. The number of rotatable bonds is 4. The first-order valence-corrected chi connectivity index (χ1v) is 5.68. The van der Waals surface area contributed by atoms with E-state index in [2.05, 4.69) is 0 Å². The maximum Gasteiger partial charge on any atom is 0.262 e. The van der Waals surface area contributed by atoms with Crippen molar-refractivity contribution in [2.24, 2.45) is 0 Å². The van der Waals surface area contributed by atoms with Gasteiger partial charge in [0.05, 0.1) is 6.10 Å². The maximum atomic E-state index is 13.2. The number of aliphatic hydroxyl groups is 1. The monoisotopic (exact) mass is 255 g/mol. The normalized spacial score (nSPS) is 13.9. The van der Waals surface area contributed by atoms with Crippen LogP contribution in [-0.4, -0.2) is 36.1 Å². The fourth-order valence-corrected chi connectivity index (χ4v) is 1.56. The Morgan fingerprint density at radius 2 is 2.00 bits per heavy atom. The standard InChI is InChI=1S/C13H18FNO3/c1-8(16)11-6-5-10(14)7-12(11)18-9(2)13(17)15(3)4/h5-9,16H,1-4H3. The topological polar surface area (TPSA) is 49.8 Å². The van der Waals surface area contributed by atoms with Gasteiger partial charge in [-0.3, -0.25) is 4.79 Å². The van der Waals surface area contributed by atoms with E-state index in [0.29, 0.717) is 5.56 Å². The van der Waals surface area contributed by atoms with Crippen molar-refractivity contribution in [3.05, 3.63) is 29.6 Å². The van der Waals surface area contributed by atoms with E-state index in [1.165, 1.54) is 23.1 Å². The van der Waals surface area contributed by atoms with Crippen LogP contribution in [0.25, 0.3) is 0 Å². The molecule has 0 spiro atoms. The van der Waals surface area contributed by atoms with Crippen LogP contribution in [0.2, 0.25) is 0 Å². The number of hydrogen-bond acceptors (Lipinski definition) is 3. The van der Waals surface area contributed by atoms with E-state index in [0.717, 1.165) is 0 Å². The summed E-state index contributed by atoms with van der Waals surface area (Å²) < 4.78 is 18.6. The zero-order chi connectivity index (χ0) is 13.9. The molecule has 1 aromatic carbocycles. The Morgan fingerprint density at radius 3 is 2.50 bits per heavy atom. The molecule has 0 fully saturated rings. The van der Waals surface area contributed by atoms with Crippen molar-refractivity contribution < 1.29 is 19.0 Å². The van der Waals surface area contributed by atoms with Gasteiger partial charge in [0, 0.05) is 25.7 Å². The smallest absolute Gasteiger partial charge is 0.262 e. The van der Waals surface area contributed by atoms with Crippen molar-refractivity contribution >= 4 is 5.91 Å². The van der Waals surface area contributed by atoms with Crippen LogP contribution in [-0.2, 0) is 4.79 Å². The Labute approximate surface area is 106 Å². The van der Waals surface area contributed by atoms with Crippen molar-refractivity contribution in [2.75, 3.05) is 14.1 Å². The molecule has 0 aromatic heterocycles. The van der Waals surface area contributed by atoms with Crippen molar-refractivity contribution in [1.29, 1.82) is 0 Å². The number of aliphatic hydroxyl groups excluding tert-OH is 1. The maximum absolute atomic E-state index is 13.2. The van der Waals surface area contributed by atoms with Gasteiger partial charge in [-0.05, 0) is 26.0 Å². The van der Waals surface area contributed by atoms with Gasteiger partial charge in [-0.1, -0.05) is 0 Å². The largest absolute Gasteiger partial charge is 0.480 e. The van der Waals surface area contributed by atoms with E-state index in [4.69, 9.17) is 4.74 Å². The minimum absolute atomic E-state index is 0.188. The predicted octanol–water partition coefficient (Wildman–Crippen LogP) is 1.73. The van der Waals surface area contributed by atoms with Gasteiger partial charge in [-0.2, -0.15) is 0 Å². The third-order valence-corrected chi connectivity index (χ3v) is 2.52. The summed E-state index contributed by atoms with van der Waals surface area (Å²) in [7, 11) is 3.23. The minimum Gasteiger partial charge on any atom is -0.480 e. The van der Waals surface area contributed by atoms with E-state index >= 15 is 0 Å². The zero-order valence-electron chi connectivity index (χ0n) is 11.0. The van der Waals surface area contributed by atoms with E-state index < -0.39 is 18.0 Å². The average molecular weight is 255 g/mol. The molecular formula is C13H18FNO3. The van der Waals surface area contributed by atoms with Gasteiger partial charge in [-0.15, -0.1) is 0 Å². The summed E-state index contributed by atoms with van der Waals surface area (Å²) >= 11 is 0. The molecule has 5 heteroatoms. The Morgan fingerprint density at radius 1 is 1.39 bits per heavy atom. The Hall–Kier alpha value is -1.62. The van der Waals surface area contributed by atoms with E-state index in [-0.39, 0.29) is 11.7 Å². The second-order valence-electron chi connectivity index (χ2n) is 4.35. The molecule has 0 heterocycles. The molecule has 1 rings (SSSR count). The fraction of sp³-hybridized carbons (Fsp3) is 0.462. The van der Waals surface area contributed by atoms with Gasteiger partial charge < -0.3 is 14.7 Å². The van der Waals surface area contributed by atoms with Gasteiger partial charge in [0.1, 0.15) is 11.6 Å². The van der Waals surface area contributed by atoms with Crippen LogP contribution in [0.1, 0.15) is 25.5 Å². The van der Waals surface area contributed by atoms with Crippen molar-refractivity contribution in [1.82, 2.24) is 4.90 Å². The minimum atomic E-state index is -0.790. The number of likely N-dealkylation sites (N-methyl/N-ethyl adjacent to an activating group) is 1. The highest BCUT2D eigenvalue weighted by molar-refractivity contribution is 5.80. The summed E-state index contributed by atoms with van der Waals surface area (Å²) in [6.45, 7) is 3.14. The number of nitrogens with zero attached hydrogens (tertiary/aromatic N) is 1. The van der Waals surface area contributed by atoms with E-state index in [1.807, 2.05) is 0 Å². The van der Waals surface area contributed by atoms with Crippen molar-refractivity contribution in [3.63, 3.8) is 0 Å².